The van der Waals surface area contributed by atoms with Crippen LogP contribution in [0.5, 0.6) is 0 Å². The molecule has 0 aromatic rings. The Bertz CT molecular complexity index is 651. The van der Waals surface area contributed by atoms with Gasteiger partial charge in [0.25, 0.3) is 0 Å². The Hall–Kier alpha value is -0.870. The molecule has 0 aliphatic heterocycles. The van der Waals surface area contributed by atoms with E-state index in [9.17, 15) is 15.0 Å². The number of nitrogens with one attached hydrogen (secondary N) is 1. The number of amides is 1. The van der Waals surface area contributed by atoms with Gasteiger partial charge < -0.3 is 15.5 Å². The largest absolute Gasteiger partial charge is 0.394 e. The SMILES string of the molecule is CCCCCC/C=C\CCCCCCCCCC(=O)NC(CO)C(O)CCCCCCCCCCCCCCCCCCCCCCC. The zero-order valence-electron chi connectivity index (χ0n) is 32.8. The lowest BCUT2D eigenvalue weighted by molar-refractivity contribution is -0.123. The second-order valence-electron chi connectivity index (χ2n) is 15.1. The lowest BCUT2D eigenvalue weighted by Gasteiger charge is -2.22. The van der Waals surface area contributed by atoms with Crippen molar-refractivity contribution in [2.45, 2.75) is 257 Å². The lowest BCUT2D eigenvalue weighted by atomic mass is 10.0. The van der Waals surface area contributed by atoms with Gasteiger partial charge in [0.15, 0.2) is 0 Å². The third-order valence-corrected chi connectivity index (χ3v) is 10.3. The van der Waals surface area contributed by atoms with Crippen molar-refractivity contribution < 1.29 is 15.0 Å². The molecule has 0 spiro atoms. The van der Waals surface area contributed by atoms with Crippen molar-refractivity contribution >= 4 is 5.91 Å². The highest BCUT2D eigenvalue weighted by atomic mass is 16.3. The van der Waals surface area contributed by atoms with Crippen LogP contribution in [0.4, 0.5) is 0 Å². The minimum atomic E-state index is -0.657. The molecule has 286 valence electrons. The topological polar surface area (TPSA) is 69.6 Å². The molecule has 4 nitrogen and oxygen atoms in total. The van der Waals surface area contributed by atoms with Gasteiger partial charge in [0, 0.05) is 6.42 Å². The number of carbonyl (C=O) groups excluding carboxylic acids is 1. The van der Waals surface area contributed by atoms with Gasteiger partial charge in [-0.25, -0.2) is 0 Å². The Kier molecular flexibility index (Phi) is 39.8. The van der Waals surface area contributed by atoms with Crippen molar-refractivity contribution in [3.05, 3.63) is 12.2 Å². The maximum absolute atomic E-state index is 12.4. The summed E-state index contributed by atoms with van der Waals surface area (Å²) >= 11 is 0. The second kappa shape index (κ2) is 40.6. The van der Waals surface area contributed by atoms with Crippen molar-refractivity contribution in [2.24, 2.45) is 0 Å². The van der Waals surface area contributed by atoms with Crippen LogP contribution in [0.25, 0.3) is 0 Å². The second-order valence-corrected chi connectivity index (χ2v) is 15.1. The van der Waals surface area contributed by atoms with Crippen LogP contribution in [0.1, 0.15) is 245 Å². The van der Waals surface area contributed by atoms with Gasteiger partial charge in [0.2, 0.25) is 5.91 Å². The van der Waals surface area contributed by atoms with Crippen molar-refractivity contribution in [3.63, 3.8) is 0 Å². The molecule has 48 heavy (non-hydrogen) atoms. The molecule has 0 saturated carbocycles. The first kappa shape index (κ1) is 47.1. The molecule has 3 N–H and O–H groups in total. The van der Waals surface area contributed by atoms with E-state index in [1.807, 2.05) is 0 Å². The molecule has 0 bridgehead atoms. The van der Waals surface area contributed by atoms with E-state index >= 15 is 0 Å². The minimum Gasteiger partial charge on any atom is -0.394 e. The fourth-order valence-electron chi connectivity index (χ4n) is 6.89. The third-order valence-electron chi connectivity index (χ3n) is 10.3. The first-order valence-electron chi connectivity index (χ1n) is 21.9. The van der Waals surface area contributed by atoms with Crippen LogP contribution in [-0.4, -0.2) is 34.9 Å². The summed E-state index contributed by atoms with van der Waals surface area (Å²) in [5.41, 5.74) is 0. The monoisotopic (exact) mass is 678 g/mol. The molecule has 4 heteroatoms. The van der Waals surface area contributed by atoms with Crippen LogP contribution in [-0.2, 0) is 4.79 Å². The number of aliphatic hydroxyl groups is 2. The highest BCUT2D eigenvalue weighted by Gasteiger charge is 2.20. The van der Waals surface area contributed by atoms with Crippen molar-refractivity contribution in [2.75, 3.05) is 6.61 Å². The molecule has 2 unspecified atom stereocenters. The van der Waals surface area contributed by atoms with Crippen LogP contribution >= 0.6 is 0 Å². The number of unbranched alkanes of at least 4 members (excludes halogenated alkanes) is 31. The summed E-state index contributed by atoms with van der Waals surface area (Å²) in [5, 5.41) is 23.2. The fourth-order valence-corrected chi connectivity index (χ4v) is 6.89. The highest BCUT2D eigenvalue weighted by Crippen LogP contribution is 2.16. The number of hydrogen-bond acceptors (Lipinski definition) is 3. The van der Waals surface area contributed by atoms with Crippen LogP contribution in [0.3, 0.4) is 0 Å². The van der Waals surface area contributed by atoms with Gasteiger partial charge in [0.05, 0.1) is 18.8 Å². The van der Waals surface area contributed by atoms with Crippen LogP contribution in [0, 0.1) is 0 Å². The summed E-state index contributed by atoms with van der Waals surface area (Å²) < 4.78 is 0. The average molecular weight is 678 g/mol. The smallest absolute Gasteiger partial charge is 0.220 e. The summed E-state index contributed by atoms with van der Waals surface area (Å²) in [6, 6.07) is -0.534. The number of carbonyl (C=O) groups is 1. The van der Waals surface area contributed by atoms with Crippen molar-refractivity contribution in [1.82, 2.24) is 5.32 Å². The molecule has 2 atom stereocenters. The van der Waals surface area contributed by atoms with Gasteiger partial charge >= 0.3 is 0 Å². The summed E-state index contributed by atoms with van der Waals surface area (Å²) in [6.07, 6.45) is 50.0. The quantitative estimate of drug-likeness (QED) is 0.0446. The molecule has 0 radical (unpaired) electrons. The van der Waals surface area contributed by atoms with E-state index < -0.39 is 12.1 Å². The molecule has 0 heterocycles. The number of aliphatic hydroxyl groups excluding tert-OH is 2. The zero-order chi connectivity index (χ0) is 35.0. The Balaban J connectivity index is 3.48. The zero-order valence-corrected chi connectivity index (χ0v) is 32.8. The average Bonchev–Trinajstić information content (AvgIpc) is 3.09. The number of hydrogen-bond donors (Lipinski definition) is 3. The van der Waals surface area contributed by atoms with Gasteiger partial charge in [-0.1, -0.05) is 212 Å². The molecule has 0 saturated heterocycles. The molecule has 0 aliphatic carbocycles. The van der Waals surface area contributed by atoms with E-state index in [2.05, 4.69) is 31.3 Å². The maximum atomic E-state index is 12.4. The van der Waals surface area contributed by atoms with Gasteiger partial charge in [-0.2, -0.15) is 0 Å². The van der Waals surface area contributed by atoms with Crippen LogP contribution in [0.15, 0.2) is 12.2 Å². The van der Waals surface area contributed by atoms with E-state index in [4.69, 9.17) is 0 Å². The molecular formula is C44H87NO3. The van der Waals surface area contributed by atoms with E-state index in [1.54, 1.807) is 0 Å². The molecule has 0 aromatic heterocycles. The highest BCUT2D eigenvalue weighted by molar-refractivity contribution is 5.76. The Morgan fingerprint density at radius 1 is 0.479 bits per heavy atom. The minimum absolute atomic E-state index is 0.0339. The summed E-state index contributed by atoms with van der Waals surface area (Å²) in [4.78, 5) is 12.4. The normalized spacial score (nSPS) is 13.0. The number of rotatable bonds is 40. The van der Waals surface area contributed by atoms with Crippen LogP contribution < -0.4 is 5.32 Å². The molecular weight excluding hydrogens is 590 g/mol. The first-order valence-corrected chi connectivity index (χ1v) is 21.9. The van der Waals surface area contributed by atoms with E-state index in [0.717, 1.165) is 25.7 Å². The molecule has 0 aromatic carbocycles. The van der Waals surface area contributed by atoms with Crippen molar-refractivity contribution in [1.29, 1.82) is 0 Å². The molecule has 0 rings (SSSR count). The first-order chi connectivity index (χ1) is 23.7. The lowest BCUT2D eigenvalue weighted by Crippen LogP contribution is -2.45. The summed E-state index contributed by atoms with van der Waals surface area (Å²) in [5.74, 6) is -0.0339. The fraction of sp³-hybridized carbons (Fsp3) is 0.932. The molecule has 1 amide bonds. The van der Waals surface area contributed by atoms with Crippen LogP contribution in [0.2, 0.25) is 0 Å². The Morgan fingerprint density at radius 2 is 0.792 bits per heavy atom. The summed E-state index contributed by atoms with van der Waals surface area (Å²) in [6.45, 7) is 4.36. The Morgan fingerprint density at radius 3 is 1.17 bits per heavy atom. The van der Waals surface area contributed by atoms with Crippen molar-refractivity contribution in [3.8, 4) is 0 Å². The molecule has 0 aliphatic rings. The van der Waals surface area contributed by atoms with E-state index in [0.29, 0.717) is 12.8 Å². The van der Waals surface area contributed by atoms with E-state index in [-0.39, 0.29) is 12.5 Å². The van der Waals surface area contributed by atoms with Gasteiger partial charge in [-0.3, -0.25) is 4.79 Å². The maximum Gasteiger partial charge on any atom is 0.220 e. The van der Waals surface area contributed by atoms with Gasteiger partial charge in [-0.05, 0) is 38.5 Å². The van der Waals surface area contributed by atoms with Gasteiger partial charge in [-0.15, -0.1) is 0 Å². The van der Waals surface area contributed by atoms with E-state index in [1.165, 1.54) is 193 Å². The Labute approximate surface area is 301 Å². The van der Waals surface area contributed by atoms with Gasteiger partial charge in [0.1, 0.15) is 0 Å². The standard InChI is InChI=1S/C44H87NO3/c1-3-5-7-9-11-13-15-17-19-20-21-22-23-24-26-27-29-31-33-35-37-39-43(47)42(41-46)45-44(48)40-38-36-34-32-30-28-25-18-16-14-12-10-8-6-4-2/h14,16,42-43,46-47H,3-13,15,17-41H2,1-2H3,(H,45,48)/b16-14-. The number of allylic oxidation sites excluding steroid dienone is 2. The predicted molar refractivity (Wildman–Crippen MR) is 212 cm³/mol. The molecule has 0 fully saturated rings. The predicted octanol–water partition coefficient (Wildman–Crippen LogP) is 13.5. The summed E-state index contributed by atoms with van der Waals surface area (Å²) in [7, 11) is 0. The third kappa shape index (κ3) is 36.4.